The molecule has 0 radical (unpaired) electrons. The molecule has 0 spiro atoms. The molecule has 5 nitrogen and oxygen atoms in total. The van der Waals surface area contributed by atoms with Gasteiger partial charge in [0.2, 0.25) is 5.95 Å². The van der Waals surface area contributed by atoms with Crippen LogP contribution in [0.25, 0.3) is 0 Å². The van der Waals surface area contributed by atoms with Crippen molar-refractivity contribution in [2.24, 2.45) is 0 Å². The number of nitrogens with zero attached hydrogens (tertiary/aromatic N) is 2. The summed E-state index contributed by atoms with van der Waals surface area (Å²) < 4.78 is 0. The Morgan fingerprint density at radius 2 is 2.20 bits per heavy atom. The fourth-order valence-electron chi connectivity index (χ4n) is 1.15. The van der Waals surface area contributed by atoms with E-state index >= 15 is 0 Å². The van der Waals surface area contributed by atoms with Crippen molar-refractivity contribution >= 4 is 29.3 Å². The summed E-state index contributed by atoms with van der Waals surface area (Å²) in [6.45, 7) is 4.23. The number of nitrogens with one attached hydrogen (secondary N) is 1. The molecule has 0 aliphatic heterocycles. The number of rotatable bonds is 5. The third kappa shape index (κ3) is 4.24. The Balaban J connectivity index is 2.56. The summed E-state index contributed by atoms with van der Waals surface area (Å²) in [7, 11) is 0. The average molecular weight is 227 g/mol. The Bertz CT molecular complexity index is 297. The predicted octanol–water partition coefficient (Wildman–Crippen LogP) is 1.19. The molecule has 0 saturated heterocycles. The number of aromatic nitrogens is 2. The van der Waals surface area contributed by atoms with Crippen LogP contribution in [-0.2, 0) is 0 Å². The van der Waals surface area contributed by atoms with Gasteiger partial charge in [0.05, 0.1) is 0 Å². The second kappa shape index (κ2) is 5.65. The van der Waals surface area contributed by atoms with Gasteiger partial charge in [-0.15, -0.1) is 0 Å². The minimum Gasteiger partial charge on any atom is -0.383 e. The molecule has 1 heterocycles. The van der Waals surface area contributed by atoms with E-state index in [1.807, 2.05) is 11.8 Å². The first-order valence-electron chi connectivity index (χ1n) is 4.86. The third-order valence-electron chi connectivity index (χ3n) is 1.73. The number of hydrogen-bond donors (Lipinski definition) is 3. The van der Waals surface area contributed by atoms with Crippen LogP contribution in [0.5, 0.6) is 0 Å². The van der Waals surface area contributed by atoms with Crippen molar-refractivity contribution in [1.29, 1.82) is 0 Å². The molecule has 1 aromatic rings. The highest BCUT2D eigenvalue weighted by Gasteiger charge is 2.04. The maximum Gasteiger partial charge on any atom is 0.223 e. The molecule has 1 atom stereocenters. The van der Waals surface area contributed by atoms with E-state index in [1.54, 1.807) is 6.07 Å². The highest BCUT2D eigenvalue weighted by Crippen LogP contribution is 2.12. The zero-order chi connectivity index (χ0) is 11.3. The van der Waals surface area contributed by atoms with Crippen molar-refractivity contribution < 1.29 is 0 Å². The Morgan fingerprint density at radius 3 is 2.80 bits per heavy atom. The minimum absolute atomic E-state index is 0.202. The van der Waals surface area contributed by atoms with Crippen molar-refractivity contribution in [3.63, 3.8) is 0 Å². The summed E-state index contributed by atoms with van der Waals surface area (Å²) >= 11 is 1.88. The first kappa shape index (κ1) is 11.9. The molecule has 15 heavy (non-hydrogen) atoms. The van der Waals surface area contributed by atoms with Crippen LogP contribution < -0.4 is 16.8 Å². The van der Waals surface area contributed by atoms with E-state index < -0.39 is 0 Å². The van der Waals surface area contributed by atoms with E-state index in [9.17, 15) is 0 Å². The van der Waals surface area contributed by atoms with Gasteiger partial charge in [0, 0.05) is 17.9 Å². The smallest absolute Gasteiger partial charge is 0.223 e. The molecule has 0 saturated carbocycles. The maximum atomic E-state index is 5.56. The summed E-state index contributed by atoms with van der Waals surface area (Å²) in [4.78, 5) is 7.85. The first-order chi connectivity index (χ1) is 7.11. The number of nitrogens with two attached hydrogens (primary N) is 2. The van der Waals surface area contributed by atoms with Crippen molar-refractivity contribution in [2.75, 3.05) is 28.3 Å². The third-order valence-corrected chi connectivity index (χ3v) is 2.87. The molecule has 1 rings (SSSR count). The van der Waals surface area contributed by atoms with Crippen LogP contribution in [-0.4, -0.2) is 27.5 Å². The van der Waals surface area contributed by atoms with Crippen LogP contribution in [0.4, 0.5) is 17.6 Å². The number of anilines is 3. The van der Waals surface area contributed by atoms with Crippen molar-refractivity contribution in [3.05, 3.63) is 6.07 Å². The van der Waals surface area contributed by atoms with Gasteiger partial charge in [0.25, 0.3) is 0 Å². The Morgan fingerprint density at radius 1 is 1.47 bits per heavy atom. The van der Waals surface area contributed by atoms with Gasteiger partial charge in [-0.05, 0) is 12.7 Å². The van der Waals surface area contributed by atoms with Gasteiger partial charge < -0.3 is 16.8 Å². The summed E-state index contributed by atoms with van der Waals surface area (Å²) in [6.07, 6.45) is 0. The second-order valence-electron chi connectivity index (χ2n) is 3.24. The van der Waals surface area contributed by atoms with Crippen molar-refractivity contribution in [1.82, 2.24) is 9.97 Å². The van der Waals surface area contributed by atoms with Crippen LogP contribution in [0.2, 0.25) is 0 Å². The lowest BCUT2D eigenvalue weighted by atomic mass is 10.4. The number of thioether (sulfide) groups is 1. The summed E-state index contributed by atoms with van der Waals surface area (Å²) in [5.74, 6) is 3.41. The van der Waals surface area contributed by atoms with Gasteiger partial charge in [0.15, 0.2) is 0 Å². The molecule has 0 bridgehead atoms. The van der Waals surface area contributed by atoms with Crippen LogP contribution >= 0.6 is 11.8 Å². The highest BCUT2D eigenvalue weighted by atomic mass is 32.2. The van der Waals surface area contributed by atoms with E-state index in [0.717, 1.165) is 11.5 Å². The standard InChI is InChI=1S/C9H17N5S/c1-3-15-5-6(2)12-8-4-7(10)13-9(11)14-8/h4,6H,3,5H2,1-2H3,(H5,10,11,12,13,14). The SMILES string of the molecule is CCSCC(C)Nc1cc(N)nc(N)n1. The summed E-state index contributed by atoms with van der Waals surface area (Å²) in [6, 6.07) is 2.02. The van der Waals surface area contributed by atoms with Gasteiger partial charge in [-0.2, -0.15) is 21.7 Å². The van der Waals surface area contributed by atoms with Crippen LogP contribution in [0.3, 0.4) is 0 Å². The Hall–Kier alpha value is -1.17. The van der Waals surface area contributed by atoms with Gasteiger partial charge in [-0.3, -0.25) is 0 Å². The fourth-order valence-corrected chi connectivity index (χ4v) is 1.82. The van der Waals surface area contributed by atoms with E-state index in [0.29, 0.717) is 17.7 Å². The van der Waals surface area contributed by atoms with Crippen molar-refractivity contribution in [2.45, 2.75) is 19.9 Å². The van der Waals surface area contributed by atoms with Crippen LogP contribution in [0.15, 0.2) is 6.07 Å². The highest BCUT2D eigenvalue weighted by molar-refractivity contribution is 7.99. The van der Waals surface area contributed by atoms with E-state index in [4.69, 9.17) is 11.5 Å². The Labute approximate surface area is 94.0 Å². The lowest BCUT2D eigenvalue weighted by molar-refractivity contribution is 0.900. The van der Waals surface area contributed by atoms with Gasteiger partial charge >= 0.3 is 0 Å². The quantitative estimate of drug-likeness (QED) is 0.700. The molecule has 1 aromatic heterocycles. The lowest BCUT2D eigenvalue weighted by Crippen LogP contribution is -2.19. The maximum absolute atomic E-state index is 5.56. The van der Waals surface area contributed by atoms with Crippen LogP contribution in [0, 0.1) is 0 Å². The number of hydrogen-bond acceptors (Lipinski definition) is 6. The Kier molecular flexibility index (Phi) is 4.48. The second-order valence-corrected chi connectivity index (χ2v) is 4.56. The zero-order valence-electron chi connectivity index (χ0n) is 9.03. The molecule has 6 heteroatoms. The molecule has 84 valence electrons. The summed E-state index contributed by atoms with van der Waals surface area (Å²) in [5, 5.41) is 3.23. The summed E-state index contributed by atoms with van der Waals surface area (Å²) in [5.41, 5.74) is 11.0. The zero-order valence-corrected chi connectivity index (χ0v) is 9.84. The van der Waals surface area contributed by atoms with E-state index in [-0.39, 0.29) is 5.95 Å². The molecule has 0 aliphatic rings. The molecular weight excluding hydrogens is 210 g/mol. The molecule has 0 fully saturated rings. The molecule has 0 aromatic carbocycles. The average Bonchev–Trinajstić information content (AvgIpc) is 2.13. The predicted molar refractivity (Wildman–Crippen MR) is 66.9 cm³/mol. The molecule has 0 amide bonds. The molecular formula is C9H17N5S. The topological polar surface area (TPSA) is 89.8 Å². The van der Waals surface area contributed by atoms with Crippen LogP contribution in [0.1, 0.15) is 13.8 Å². The molecule has 5 N–H and O–H groups in total. The van der Waals surface area contributed by atoms with Gasteiger partial charge in [-0.1, -0.05) is 6.92 Å². The molecule has 0 aliphatic carbocycles. The first-order valence-corrected chi connectivity index (χ1v) is 6.01. The fraction of sp³-hybridized carbons (Fsp3) is 0.556. The van der Waals surface area contributed by atoms with Gasteiger partial charge in [0.1, 0.15) is 11.6 Å². The van der Waals surface area contributed by atoms with Crippen molar-refractivity contribution in [3.8, 4) is 0 Å². The van der Waals surface area contributed by atoms with Gasteiger partial charge in [-0.25, -0.2) is 0 Å². The normalized spacial score (nSPS) is 12.4. The largest absolute Gasteiger partial charge is 0.383 e. The number of nitrogen functional groups attached to an aromatic ring is 2. The van der Waals surface area contributed by atoms with E-state index in [1.165, 1.54) is 0 Å². The monoisotopic (exact) mass is 227 g/mol. The molecule has 1 unspecified atom stereocenters. The van der Waals surface area contributed by atoms with E-state index in [2.05, 4.69) is 29.1 Å². The lowest BCUT2D eigenvalue weighted by Gasteiger charge is -2.13. The minimum atomic E-state index is 0.202.